The number of hydrogen-bond donors (Lipinski definition) is 1. The molecular weight excluding hydrogens is 214 g/mol. The van der Waals surface area contributed by atoms with Crippen LogP contribution in [0.25, 0.3) is 0 Å². The average molecular weight is 235 g/mol. The van der Waals surface area contributed by atoms with Gasteiger partial charge >= 0.3 is 0 Å². The number of rotatable bonds is 3. The number of aromatic nitrogens is 2. The fraction of sp³-hybridized carbons (Fsp3) is 0.692. The van der Waals surface area contributed by atoms with E-state index in [0.717, 1.165) is 30.4 Å². The summed E-state index contributed by atoms with van der Waals surface area (Å²) in [5, 5.41) is 8.04. The standard InChI is InChI=1S/C13H21N3O/c1-9-5-10(2)7-12(6-9)17-13-4-3-11(8-14)15-16-13/h3-4,9-10,12H,5-8,14H2,1-2H3. The van der Waals surface area contributed by atoms with Crippen molar-refractivity contribution in [3.8, 4) is 5.88 Å². The van der Waals surface area contributed by atoms with Crippen molar-refractivity contribution in [3.63, 3.8) is 0 Å². The van der Waals surface area contributed by atoms with Crippen LogP contribution in [0.4, 0.5) is 0 Å². The summed E-state index contributed by atoms with van der Waals surface area (Å²) < 4.78 is 5.88. The van der Waals surface area contributed by atoms with Crippen LogP contribution < -0.4 is 10.5 Å². The van der Waals surface area contributed by atoms with Crippen LogP contribution in [-0.2, 0) is 6.54 Å². The molecule has 0 amide bonds. The van der Waals surface area contributed by atoms with Crippen LogP contribution in [0, 0.1) is 11.8 Å². The van der Waals surface area contributed by atoms with Gasteiger partial charge in [0, 0.05) is 12.6 Å². The second kappa shape index (κ2) is 5.45. The molecule has 1 aliphatic carbocycles. The van der Waals surface area contributed by atoms with Crippen molar-refractivity contribution in [1.29, 1.82) is 0 Å². The molecule has 0 saturated heterocycles. The molecule has 0 radical (unpaired) electrons. The quantitative estimate of drug-likeness (QED) is 0.872. The van der Waals surface area contributed by atoms with Gasteiger partial charge < -0.3 is 10.5 Å². The molecule has 0 bridgehead atoms. The molecule has 0 aromatic carbocycles. The zero-order chi connectivity index (χ0) is 12.3. The highest BCUT2D eigenvalue weighted by Gasteiger charge is 2.25. The van der Waals surface area contributed by atoms with Gasteiger partial charge in [-0.3, -0.25) is 0 Å². The summed E-state index contributed by atoms with van der Waals surface area (Å²) in [5.41, 5.74) is 6.27. The van der Waals surface area contributed by atoms with Crippen molar-refractivity contribution in [2.75, 3.05) is 0 Å². The van der Waals surface area contributed by atoms with Crippen LogP contribution in [0.3, 0.4) is 0 Å². The largest absolute Gasteiger partial charge is 0.473 e. The SMILES string of the molecule is CC1CC(C)CC(Oc2ccc(CN)nn2)C1. The van der Waals surface area contributed by atoms with E-state index in [0.29, 0.717) is 12.4 Å². The lowest BCUT2D eigenvalue weighted by Crippen LogP contribution is -2.28. The van der Waals surface area contributed by atoms with Gasteiger partial charge in [-0.15, -0.1) is 5.10 Å². The fourth-order valence-corrected chi connectivity index (χ4v) is 2.66. The average Bonchev–Trinajstić information content (AvgIpc) is 2.28. The molecule has 1 aromatic rings. The molecule has 1 heterocycles. The Kier molecular flexibility index (Phi) is 3.94. The smallest absolute Gasteiger partial charge is 0.233 e. The maximum Gasteiger partial charge on any atom is 0.233 e. The maximum absolute atomic E-state index is 5.88. The molecule has 0 aliphatic heterocycles. The Balaban J connectivity index is 1.95. The predicted octanol–water partition coefficient (Wildman–Crippen LogP) is 2.14. The molecule has 2 atom stereocenters. The van der Waals surface area contributed by atoms with Crippen LogP contribution in [0.2, 0.25) is 0 Å². The van der Waals surface area contributed by atoms with Gasteiger partial charge in [-0.1, -0.05) is 13.8 Å². The first-order chi connectivity index (χ1) is 8.17. The van der Waals surface area contributed by atoms with Crippen LogP contribution in [-0.4, -0.2) is 16.3 Å². The van der Waals surface area contributed by atoms with Gasteiger partial charge in [-0.05, 0) is 37.2 Å². The molecule has 4 heteroatoms. The summed E-state index contributed by atoms with van der Waals surface area (Å²) in [7, 11) is 0. The number of nitrogens with zero attached hydrogens (tertiary/aromatic N) is 2. The summed E-state index contributed by atoms with van der Waals surface area (Å²) in [4.78, 5) is 0. The molecule has 94 valence electrons. The van der Waals surface area contributed by atoms with Gasteiger partial charge in [0.25, 0.3) is 0 Å². The van der Waals surface area contributed by atoms with E-state index >= 15 is 0 Å². The Morgan fingerprint density at radius 2 is 1.88 bits per heavy atom. The zero-order valence-corrected chi connectivity index (χ0v) is 10.6. The maximum atomic E-state index is 5.88. The first kappa shape index (κ1) is 12.3. The molecule has 1 aromatic heterocycles. The summed E-state index contributed by atoms with van der Waals surface area (Å²) in [5.74, 6) is 2.09. The minimum absolute atomic E-state index is 0.284. The fourth-order valence-electron chi connectivity index (χ4n) is 2.66. The third-order valence-electron chi connectivity index (χ3n) is 3.33. The van der Waals surface area contributed by atoms with E-state index in [1.54, 1.807) is 0 Å². The normalized spacial score (nSPS) is 29.0. The number of hydrogen-bond acceptors (Lipinski definition) is 4. The Morgan fingerprint density at radius 3 is 2.41 bits per heavy atom. The first-order valence-corrected chi connectivity index (χ1v) is 6.36. The highest BCUT2D eigenvalue weighted by Crippen LogP contribution is 2.30. The lowest BCUT2D eigenvalue weighted by Gasteiger charge is -2.31. The lowest BCUT2D eigenvalue weighted by molar-refractivity contribution is 0.0956. The van der Waals surface area contributed by atoms with Gasteiger partial charge in [0.05, 0.1) is 5.69 Å². The third kappa shape index (κ3) is 3.40. The Bertz CT molecular complexity index is 342. The molecular formula is C13H21N3O. The van der Waals surface area contributed by atoms with Crippen molar-refractivity contribution >= 4 is 0 Å². The Morgan fingerprint density at radius 1 is 1.18 bits per heavy atom. The summed E-state index contributed by atoms with van der Waals surface area (Å²) in [6, 6.07) is 3.73. The zero-order valence-electron chi connectivity index (χ0n) is 10.6. The highest BCUT2D eigenvalue weighted by molar-refractivity contribution is 5.11. The molecule has 1 fully saturated rings. The van der Waals surface area contributed by atoms with Crippen molar-refractivity contribution in [3.05, 3.63) is 17.8 Å². The minimum atomic E-state index is 0.284. The van der Waals surface area contributed by atoms with Crippen LogP contribution in [0.5, 0.6) is 5.88 Å². The molecule has 2 rings (SSSR count). The molecule has 4 nitrogen and oxygen atoms in total. The number of nitrogens with two attached hydrogens (primary N) is 1. The second-order valence-electron chi connectivity index (χ2n) is 5.22. The Hall–Kier alpha value is -1.16. The first-order valence-electron chi connectivity index (χ1n) is 6.36. The van der Waals surface area contributed by atoms with E-state index < -0.39 is 0 Å². The van der Waals surface area contributed by atoms with E-state index in [1.165, 1.54) is 6.42 Å². The van der Waals surface area contributed by atoms with Crippen molar-refractivity contribution < 1.29 is 4.74 Å². The van der Waals surface area contributed by atoms with Gasteiger partial charge in [-0.2, -0.15) is 5.10 Å². The molecule has 2 unspecified atom stereocenters. The summed E-state index contributed by atoms with van der Waals surface area (Å²) >= 11 is 0. The van der Waals surface area contributed by atoms with Crippen molar-refractivity contribution in [2.24, 2.45) is 17.6 Å². The van der Waals surface area contributed by atoms with Gasteiger partial charge in [0.15, 0.2) is 0 Å². The van der Waals surface area contributed by atoms with Crippen molar-refractivity contribution in [1.82, 2.24) is 10.2 Å². The van der Waals surface area contributed by atoms with E-state index in [9.17, 15) is 0 Å². The predicted molar refractivity (Wildman–Crippen MR) is 66.5 cm³/mol. The van der Waals surface area contributed by atoms with Gasteiger partial charge in [-0.25, -0.2) is 0 Å². The van der Waals surface area contributed by atoms with Crippen LogP contribution in [0.15, 0.2) is 12.1 Å². The minimum Gasteiger partial charge on any atom is -0.473 e. The summed E-state index contributed by atoms with van der Waals surface area (Å²) in [6.07, 6.45) is 3.82. The second-order valence-corrected chi connectivity index (χ2v) is 5.22. The van der Waals surface area contributed by atoms with E-state index in [2.05, 4.69) is 24.0 Å². The third-order valence-corrected chi connectivity index (χ3v) is 3.33. The Labute approximate surface area is 103 Å². The van der Waals surface area contributed by atoms with Crippen molar-refractivity contribution in [2.45, 2.75) is 45.8 Å². The van der Waals surface area contributed by atoms with E-state index in [1.807, 2.05) is 12.1 Å². The van der Waals surface area contributed by atoms with Gasteiger partial charge in [0.1, 0.15) is 6.10 Å². The molecule has 1 aliphatic rings. The monoisotopic (exact) mass is 235 g/mol. The number of ether oxygens (including phenoxy) is 1. The topological polar surface area (TPSA) is 61.0 Å². The highest BCUT2D eigenvalue weighted by atomic mass is 16.5. The van der Waals surface area contributed by atoms with E-state index in [-0.39, 0.29) is 6.10 Å². The van der Waals surface area contributed by atoms with Gasteiger partial charge in [0.2, 0.25) is 5.88 Å². The van der Waals surface area contributed by atoms with Crippen LogP contribution >= 0.6 is 0 Å². The molecule has 2 N–H and O–H groups in total. The molecule has 0 spiro atoms. The lowest BCUT2D eigenvalue weighted by atomic mass is 9.82. The summed E-state index contributed by atoms with van der Waals surface area (Å²) in [6.45, 7) is 5.00. The molecule has 17 heavy (non-hydrogen) atoms. The van der Waals surface area contributed by atoms with Crippen LogP contribution in [0.1, 0.15) is 38.8 Å². The molecule has 1 saturated carbocycles. The van der Waals surface area contributed by atoms with E-state index in [4.69, 9.17) is 10.5 Å².